The first-order valence-electron chi connectivity index (χ1n) is 4.80. The standard InChI is InChI=1S/12CN.3Ru/c12*1-2;;;/q;;;;;;;;;;;;2*-2;+4. The third-order valence-corrected chi connectivity index (χ3v) is 14.0. The number of hydrogen-bond donors (Lipinski definition) is 0. The molecule has 0 aromatic rings. The van der Waals surface area contributed by atoms with E-state index in [1.54, 1.807) is 0 Å². The van der Waals surface area contributed by atoms with E-state index in [2.05, 4.69) is 0 Å². The van der Waals surface area contributed by atoms with Crippen LogP contribution in [-0.4, -0.2) is 0 Å². The average molecular weight is 615 g/mol. The fourth-order valence-electron chi connectivity index (χ4n) is 0.530. The number of nitrogens with zero attached hydrogens (tertiary/aromatic N) is 12. The largest absolute Gasteiger partial charge is 4.00 e. The number of rotatable bonds is 0. The first-order valence-corrected chi connectivity index (χ1v) is 15.2. The molecule has 0 aliphatic carbocycles. The molecule has 0 amide bonds. The zero-order chi connectivity index (χ0) is 21.3. The number of nitriles is 12. The van der Waals surface area contributed by atoms with Crippen LogP contribution in [0.2, 0.25) is 0 Å². The van der Waals surface area contributed by atoms with Crippen LogP contribution in [0.5, 0.6) is 0 Å². The van der Waals surface area contributed by atoms with Crippen LogP contribution in [-0.2, 0) is 44.3 Å². The minimum Gasteiger partial charge on any atom is 4.00 e. The van der Waals surface area contributed by atoms with Crippen molar-refractivity contribution in [2.45, 2.75) is 0 Å². The Bertz CT molecular complexity index is 879. The maximum Gasteiger partial charge on any atom is 4.00 e. The molecule has 0 radical (unpaired) electrons. The molecular formula is C12N12Ru3. The fraction of sp³-hybridized carbons (Fsp3) is 0. The van der Waals surface area contributed by atoms with Crippen LogP contribution in [0.1, 0.15) is 0 Å². The van der Waals surface area contributed by atoms with Crippen LogP contribution in [0.3, 0.4) is 0 Å². The Labute approximate surface area is 162 Å². The summed E-state index contributed by atoms with van der Waals surface area (Å²) in [6.45, 7) is 0. The van der Waals surface area contributed by atoms with Gasteiger partial charge in [-0.2, -0.15) is 0 Å². The summed E-state index contributed by atoms with van der Waals surface area (Å²) in [4.78, 5) is 0. The molecule has 12 nitrogen and oxygen atoms in total. The second kappa shape index (κ2) is 6.57. The van der Waals surface area contributed by atoms with E-state index in [9.17, 15) is 0 Å². The molecule has 0 saturated carbocycles. The third-order valence-electron chi connectivity index (χ3n) is 2.37. The van der Waals surface area contributed by atoms with Crippen molar-refractivity contribution in [2.75, 3.05) is 0 Å². The molecule has 0 aromatic heterocycles. The molecular weight excluding hydrogens is 615 g/mol. The van der Waals surface area contributed by atoms with Gasteiger partial charge in [0.25, 0.3) is 0 Å². The van der Waals surface area contributed by atoms with Gasteiger partial charge in [0.2, 0.25) is 0 Å². The van der Waals surface area contributed by atoms with Gasteiger partial charge in [-0.3, -0.25) is 0 Å². The van der Waals surface area contributed by atoms with E-state index in [-0.39, 0.29) is 19.5 Å². The van der Waals surface area contributed by atoms with Gasteiger partial charge in [0.05, 0.1) is 0 Å². The molecule has 0 fully saturated rings. The zero-order valence-electron chi connectivity index (χ0n) is 12.4. The van der Waals surface area contributed by atoms with Crippen LogP contribution in [0.25, 0.3) is 0 Å². The smallest absolute Gasteiger partial charge is 4.00 e. The van der Waals surface area contributed by atoms with Crippen molar-refractivity contribution >= 4 is 0 Å². The van der Waals surface area contributed by atoms with Crippen LogP contribution >= 0.6 is 0 Å². The van der Waals surface area contributed by atoms with Gasteiger partial charge in [0, 0.05) is 0 Å². The summed E-state index contributed by atoms with van der Waals surface area (Å²) in [6.07, 6.45) is 0. The molecule has 0 saturated heterocycles. The van der Waals surface area contributed by atoms with Crippen LogP contribution in [0, 0.1) is 119 Å². The van der Waals surface area contributed by atoms with Crippen LogP contribution < -0.4 is 0 Å². The molecule has 132 valence electrons. The minimum atomic E-state index is -6.55. The van der Waals surface area contributed by atoms with E-state index in [1.807, 2.05) is 0 Å². The van der Waals surface area contributed by atoms with E-state index >= 15 is 0 Å². The quantitative estimate of drug-likeness (QED) is 0.330. The van der Waals surface area contributed by atoms with Crippen molar-refractivity contribution < 1.29 is 44.3 Å². The van der Waals surface area contributed by atoms with E-state index in [0.29, 0.717) is 0 Å². The van der Waals surface area contributed by atoms with Crippen molar-refractivity contribution in [3.8, 4) is 56.0 Å². The van der Waals surface area contributed by atoms with Crippen molar-refractivity contribution in [1.82, 2.24) is 0 Å². The SMILES string of the molecule is N#[C][Ru-2]([C]#N)([C]#N)([C]#N)([C]#N)[C]#N.N#[C][Ru-2]([C]#N)([C]#N)([C]#N)([C]#N)[C]#N.[Ru+4]. The zero-order valence-corrected chi connectivity index (χ0v) is 17.6. The molecule has 0 bridgehead atoms. The molecule has 15 heteroatoms. The first-order chi connectivity index (χ1) is 11.9. The van der Waals surface area contributed by atoms with E-state index in [0.717, 1.165) is 56.0 Å². The Balaban J connectivity index is -0.000000411. The summed E-state index contributed by atoms with van der Waals surface area (Å²) >= 11 is -13.1. The summed E-state index contributed by atoms with van der Waals surface area (Å²) in [7, 11) is 0. The first kappa shape index (κ1) is 27.6. The monoisotopic (exact) mass is 618 g/mol. The number of hydrogen-bond acceptors (Lipinski definition) is 12. The van der Waals surface area contributed by atoms with Gasteiger partial charge in [-0.1, -0.05) is 0 Å². The Hall–Kier alpha value is -4.25. The van der Waals surface area contributed by atoms with Gasteiger partial charge < -0.3 is 0 Å². The van der Waals surface area contributed by atoms with Crippen molar-refractivity contribution in [3.63, 3.8) is 0 Å². The predicted molar refractivity (Wildman–Crippen MR) is 67.4 cm³/mol. The molecule has 0 heterocycles. The summed E-state index contributed by atoms with van der Waals surface area (Å²) < 4.78 is 12.7. The Morgan fingerprint density at radius 3 is 0.333 bits per heavy atom. The summed E-state index contributed by atoms with van der Waals surface area (Å²) in [6, 6.07) is 0. The molecule has 0 N–H and O–H groups in total. The average Bonchev–Trinajstić information content (AvgIpc) is 2.77. The topological polar surface area (TPSA) is 285 Å². The molecule has 0 rings (SSSR count). The molecule has 0 aromatic carbocycles. The molecule has 0 atom stereocenters. The second-order valence-electron chi connectivity index (χ2n) is 3.60. The molecule has 27 heavy (non-hydrogen) atoms. The Morgan fingerprint density at radius 2 is 0.333 bits per heavy atom. The Morgan fingerprint density at radius 1 is 0.259 bits per heavy atom. The maximum absolute atomic E-state index is 8.59. The summed E-state index contributed by atoms with van der Waals surface area (Å²) in [5.74, 6) is 0. The normalized spacial score (nSPS) is 12.9. The predicted octanol–water partition coefficient (Wildman–Crippen LogP) is 0.194. The molecule has 0 aliphatic heterocycles. The summed E-state index contributed by atoms with van der Waals surface area (Å²) in [5.41, 5.74) is 0. The van der Waals surface area contributed by atoms with Crippen LogP contribution in [0.4, 0.5) is 0 Å². The minimum absolute atomic E-state index is 0. The molecule has 0 unspecified atom stereocenters. The van der Waals surface area contributed by atoms with Gasteiger partial charge >= 0.3 is 163 Å². The van der Waals surface area contributed by atoms with Crippen molar-refractivity contribution in [3.05, 3.63) is 0 Å². The van der Waals surface area contributed by atoms with Gasteiger partial charge in [-0.25, -0.2) is 0 Å². The van der Waals surface area contributed by atoms with E-state index in [4.69, 9.17) is 63.1 Å². The van der Waals surface area contributed by atoms with Crippen molar-refractivity contribution in [1.29, 1.82) is 63.1 Å². The van der Waals surface area contributed by atoms with Gasteiger partial charge in [-0.15, -0.1) is 0 Å². The maximum atomic E-state index is 8.59. The van der Waals surface area contributed by atoms with Gasteiger partial charge in [-0.05, 0) is 0 Å². The second-order valence-corrected chi connectivity index (χ2v) is 21.3. The fourth-order valence-corrected chi connectivity index (χ4v) is 3.14. The van der Waals surface area contributed by atoms with Gasteiger partial charge in [0.1, 0.15) is 0 Å². The van der Waals surface area contributed by atoms with Crippen molar-refractivity contribution in [2.24, 2.45) is 0 Å². The Kier molecular flexibility index (Phi) is 6.72. The molecule has 0 spiro atoms. The molecule has 0 aliphatic rings. The van der Waals surface area contributed by atoms with Crippen LogP contribution in [0.15, 0.2) is 0 Å². The van der Waals surface area contributed by atoms with Gasteiger partial charge in [0.15, 0.2) is 0 Å². The van der Waals surface area contributed by atoms with E-state index in [1.165, 1.54) is 0 Å². The van der Waals surface area contributed by atoms with E-state index < -0.39 is 24.8 Å². The summed E-state index contributed by atoms with van der Waals surface area (Å²) in [5, 5.41) is 103. The third kappa shape index (κ3) is 2.73.